The maximum Gasteiger partial charge on any atom is 0.264 e. The molecule has 4 nitrogen and oxygen atoms in total. The summed E-state index contributed by atoms with van der Waals surface area (Å²) < 4.78 is 29.4. The average molecular weight is 381 g/mol. The number of hydrogen-bond donors (Lipinski definition) is 1. The molecular weight excluding hydrogens is 334 g/mol. The molecule has 0 aliphatic heterocycles. The summed E-state index contributed by atoms with van der Waals surface area (Å²) in [5.41, 5.74) is 0. The van der Waals surface area contributed by atoms with E-state index in [-0.39, 0.29) is 5.75 Å². The second-order valence-corrected chi connectivity index (χ2v) is 8.86. The quantitative estimate of drug-likeness (QED) is 0.294. The molecule has 0 aliphatic carbocycles. The standard InChI is InChI=1S/C16H36N.C4H10O3S/c1-5-9-13-17(14-10-6-2,15-11-7-3)16-12-8-4;1-2-3-4-8(5,6)7/h5-16H2,1-4H3;2-4H2,1H3,(H,5,6,7)/q+1;. The topological polar surface area (TPSA) is 54.4 Å². The molecule has 154 valence electrons. The third-order valence-electron chi connectivity index (χ3n) is 4.70. The van der Waals surface area contributed by atoms with Gasteiger partial charge in [-0.05, 0) is 32.1 Å². The minimum absolute atomic E-state index is 0.108. The van der Waals surface area contributed by atoms with Crippen LogP contribution < -0.4 is 0 Å². The molecular formula is C20H46NO3S+. The number of nitrogens with zero attached hydrogens (tertiary/aromatic N) is 1. The fraction of sp³-hybridized carbons (Fsp3) is 1.00. The molecule has 0 aliphatic rings. The van der Waals surface area contributed by atoms with Crippen LogP contribution in [-0.4, -0.2) is 49.4 Å². The molecule has 0 saturated carbocycles. The molecule has 0 spiro atoms. The summed E-state index contributed by atoms with van der Waals surface area (Å²) in [5, 5.41) is 0. The van der Waals surface area contributed by atoms with E-state index >= 15 is 0 Å². The van der Waals surface area contributed by atoms with Crippen molar-refractivity contribution in [1.29, 1.82) is 0 Å². The highest BCUT2D eigenvalue weighted by Crippen LogP contribution is 2.16. The Kier molecular flexibility index (Phi) is 18.7. The summed E-state index contributed by atoms with van der Waals surface area (Å²) in [6, 6.07) is 0. The predicted octanol–water partition coefficient (Wildman–Crippen LogP) is 5.68. The molecule has 0 heterocycles. The molecule has 0 rings (SSSR count). The van der Waals surface area contributed by atoms with Crippen molar-refractivity contribution in [2.45, 2.75) is 98.8 Å². The molecule has 0 aromatic carbocycles. The van der Waals surface area contributed by atoms with Crippen LogP contribution in [0.3, 0.4) is 0 Å². The highest BCUT2D eigenvalue weighted by atomic mass is 32.2. The molecule has 0 unspecified atom stereocenters. The zero-order valence-electron chi connectivity index (χ0n) is 17.7. The van der Waals surface area contributed by atoms with E-state index in [2.05, 4.69) is 27.7 Å². The lowest BCUT2D eigenvalue weighted by Crippen LogP contribution is -2.50. The third kappa shape index (κ3) is 18.5. The van der Waals surface area contributed by atoms with Gasteiger partial charge in [0.2, 0.25) is 0 Å². The SMILES string of the molecule is CCCCS(=O)(=O)O.CCCC[N+](CCCC)(CCCC)CCCC. The fourth-order valence-electron chi connectivity index (χ4n) is 2.97. The normalized spacial score (nSPS) is 11.9. The predicted molar refractivity (Wildman–Crippen MR) is 111 cm³/mol. The second kappa shape index (κ2) is 17.3. The van der Waals surface area contributed by atoms with Gasteiger partial charge in [0.05, 0.1) is 31.9 Å². The summed E-state index contributed by atoms with van der Waals surface area (Å²) >= 11 is 0. The smallest absolute Gasteiger partial charge is 0.264 e. The molecule has 0 aromatic heterocycles. The summed E-state index contributed by atoms with van der Waals surface area (Å²) in [6.45, 7) is 16.9. The number of rotatable bonds is 15. The summed E-state index contributed by atoms with van der Waals surface area (Å²) in [4.78, 5) is 0. The van der Waals surface area contributed by atoms with Gasteiger partial charge in [0.15, 0.2) is 0 Å². The van der Waals surface area contributed by atoms with Crippen molar-refractivity contribution in [2.24, 2.45) is 0 Å². The average Bonchev–Trinajstić information content (AvgIpc) is 2.58. The summed E-state index contributed by atoms with van der Waals surface area (Å²) in [6.07, 6.45) is 12.4. The van der Waals surface area contributed by atoms with Crippen molar-refractivity contribution in [3.63, 3.8) is 0 Å². The first-order valence-electron chi connectivity index (χ1n) is 10.6. The summed E-state index contributed by atoms with van der Waals surface area (Å²) in [7, 11) is -3.69. The van der Waals surface area contributed by atoms with E-state index in [1.54, 1.807) is 0 Å². The van der Waals surface area contributed by atoms with Gasteiger partial charge in [-0.3, -0.25) is 4.55 Å². The molecule has 0 radical (unpaired) electrons. The Bertz CT molecular complexity index is 332. The van der Waals surface area contributed by atoms with Gasteiger partial charge < -0.3 is 4.48 Å². The Labute approximate surface area is 158 Å². The van der Waals surface area contributed by atoms with E-state index in [4.69, 9.17) is 4.55 Å². The van der Waals surface area contributed by atoms with Crippen LogP contribution in [0.15, 0.2) is 0 Å². The van der Waals surface area contributed by atoms with Gasteiger partial charge in [-0.25, -0.2) is 0 Å². The van der Waals surface area contributed by atoms with Crippen molar-refractivity contribution in [1.82, 2.24) is 0 Å². The Balaban J connectivity index is 0. The van der Waals surface area contributed by atoms with E-state index in [9.17, 15) is 8.42 Å². The third-order valence-corrected chi connectivity index (χ3v) is 5.50. The molecule has 0 fully saturated rings. The minimum Gasteiger partial charge on any atom is -0.324 e. The van der Waals surface area contributed by atoms with Crippen LogP contribution in [-0.2, 0) is 10.1 Å². The molecule has 1 N–H and O–H groups in total. The van der Waals surface area contributed by atoms with Crippen LogP contribution in [0.2, 0.25) is 0 Å². The maximum atomic E-state index is 9.95. The number of quaternary nitrogens is 1. The van der Waals surface area contributed by atoms with Crippen molar-refractivity contribution in [3.8, 4) is 0 Å². The Morgan fingerprint density at radius 1 is 0.600 bits per heavy atom. The fourth-order valence-corrected chi connectivity index (χ4v) is 3.63. The first-order chi connectivity index (χ1) is 11.8. The lowest BCUT2D eigenvalue weighted by atomic mass is 10.1. The molecule has 0 amide bonds. The van der Waals surface area contributed by atoms with Crippen LogP contribution in [0, 0.1) is 0 Å². The van der Waals surface area contributed by atoms with Gasteiger partial charge in [0.25, 0.3) is 10.1 Å². The van der Waals surface area contributed by atoms with E-state index in [0.29, 0.717) is 6.42 Å². The van der Waals surface area contributed by atoms with Crippen LogP contribution in [0.1, 0.15) is 98.8 Å². The highest BCUT2D eigenvalue weighted by molar-refractivity contribution is 7.85. The van der Waals surface area contributed by atoms with Gasteiger partial charge in [-0.15, -0.1) is 0 Å². The van der Waals surface area contributed by atoms with E-state index in [1.165, 1.54) is 82.0 Å². The second-order valence-electron chi connectivity index (χ2n) is 7.29. The zero-order valence-corrected chi connectivity index (χ0v) is 18.5. The van der Waals surface area contributed by atoms with E-state index in [0.717, 1.165) is 6.42 Å². The van der Waals surface area contributed by atoms with Crippen molar-refractivity contribution in [3.05, 3.63) is 0 Å². The van der Waals surface area contributed by atoms with Crippen LogP contribution in [0.25, 0.3) is 0 Å². The first kappa shape index (κ1) is 27.1. The Morgan fingerprint density at radius 3 is 1.04 bits per heavy atom. The largest absolute Gasteiger partial charge is 0.324 e. The highest BCUT2D eigenvalue weighted by Gasteiger charge is 2.24. The van der Waals surface area contributed by atoms with Gasteiger partial charge in [0, 0.05) is 0 Å². The molecule has 0 atom stereocenters. The number of hydrogen-bond acceptors (Lipinski definition) is 2. The van der Waals surface area contributed by atoms with Gasteiger partial charge in [-0.2, -0.15) is 8.42 Å². The molecule has 0 saturated heterocycles. The summed E-state index contributed by atoms with van der Waals surface area (Å²) in [5.74, 6) is -0.108. The minimum atomic E-state index is -3.69. The van der Waals surface area contributed by atoms with Crippen LogP contribution >= 0.6 is 0 Å². The van der Waals surface area contributed by atoms with Gasteiger partial charge in [0.1, 0.15) is 0 Å². The lowest BCUT2D eigenvalue weighted by Gasteiger charge is -2.39. The zero-order chi connectivity index (χ0) is 19.6. The number of unbranched alkanes of at least 4 members (excludes halogenated alkanes) is 5. The Hall–Kier alpha value is -0.130. The molecule has 5 heteroatoms. The lowest BCUT2D eigenvalue weighted by molar-refractivity contribution is -0.929. The molecule has 0 bridgehead atoms. The van der Waals surface area contributed by atoms with Gasteiger partial charge >= 0.3 is 0 Å². The van der Waals surface area contributed by atoms with Crippen molar-refractivity contribution < 1.29 is 17.5 Å². The van der Waals surface area contributed by atoms with E-state index < -0.39 is 10.1 Å². The van der Waals surface area contributed by atoms with Crippen LogP contribution in [0.5, 0.6) is 0 Å². The molecule has 25 heavy (non-hydrogen) atoms. The monoisotopic (exact) mass is 380 g/mol. The van der Waals surface area contributed by atoms with Crippen LogP contribution in [0.4, 0.5) is 0 Å². The van der Waals surface area contributed by atoms with Crippen molar-refractivity contribution in [2.75, 3.05) is 31.9 Å². The molecule has 0 aromatic rings. The first-order valence-corrected chi connectivity index (χ1v) is 12.2. The van der Waals surface area contributed by atoms with Gasteiger partial charge in [-0.1, -0.05) is 66.7 Å². The van der Waals surface area contributed by atoms with E-state index in [1.807, 2.05) is 6.92 Å². The Morgan fingerprint density at radius 2 is 0.880 bits per heavy atom. The van der Waals surface area contributed by atoms with Crippen molar-refractivity contribution >= 4 is 10.1 Å². The maximum absolute atomic E-state index is 9.95.